The molecule has 21 heavy (non-hydrogen) atoms. The number of ether oxygens (including phenoxy) is 2. The van der Waals surface area contributed by atoms with Crippen molar-refractivity contribution in [2.75, 3.05) is 6.61 Å². The van der Waals surface area contributed by atoms with Crippen LogP contribution in [0, 0.1) is 7.14 Å². The van der Waals surface area contributed by atoms with E-state index in [4.69, 9.17) is 9.47 Å². The van der Waals surface area contributed by atoms with E-state index in [2.05, 4.69) is 51.8 Å². The van der Waals surface area contributed by atoms with E-state index in [0.29, 0.717) is 19.4 Å². The largest absolute Gasteiger partial charge is 0.491 e. The summed E-state index contributed by atoms with van der Waals surface area (Å²) in [6.07, 6.45) is 2.83. The third-order valence-electron chi connectivity index (χ3n) is 2.45. The van der Waals surface area contributed by atoms with Gasteiger partial charge in [-0.15, -0.1) is 0 Å². The van der Waals surface area contributed by atoms with Crippen LogP contribution in [-0.4, -0.2) is 18.2 Å². The molecule has 0 amide bonds. The van der Waals surface area contributed by atoms with E-state index >= 15 is 0 Å². The third-order valence-corrected chi connectivity index (χ3v) is 4.05. The average Bonchev–Trinajstić information content (AvgIpc) is 2.34. The van der Waals surface area contributed by atoms with Gasteiger partial charge in [0.05, 0.1) is 13.7 Å². The van der Waals surface area contributed by atoms with E-state index in [1.807, 2.05) is 39.0 Å². The van der Waals surface area contributed by atoms with E-state index in [-0.39, 0.29) is 5.97 Å². The fourth-order valence-electron chi connectivity index (χ4n) is 1.62. The molecule has 0 atom stereocenters. The Morgan fingerprint density at radius 2 is 1.86 bits per heavy atom. The van der Waals surface area contributed by atoms with Gasteiger partial charge >= 0.3 is 5.97 Å². The number of carbonyl (C=O) groups excluding carboxylic acids is 1. The molecular weight excluding hydrogens is 494 g/mol. The zero-order valence-electron chi connectivity index (χ0n) is 12.5. The fraction of sp³-hybridized carbons (Fsp3) is 0.438. The maximum Gasteiger partial charge on any atom is 0.306 e. The van der Waals surface area contributed by atoms with Crippen molar-refractivity contribution in [3.8, 4) is 5.75 Å². The van der Waals surface area contributed by atoms with E-state index in [1.54, 1.807) is 0 Å². The number of benzene rings is 1. The normalized spacial score (nSPS) is 11.1. The lowest BCUT2D eigenvalue weighted by Gasteiger charge is -2.19. The number of hydrogen-bond acceptors (Lipinski definition) is 3. The van der Waals surface area contributed by atoms with Gasteiger partial charge < -0.3 is 9.47 Å². The van der Waals surface area contributed by atoms with Gasteiger partial charge in [-0.1, -0.05) is 12.7 Å². The highest BCUT2D eigenvalue weighted by molar-refractivity contribution is 14.1. The Hall–Kier alpha value is -0.310. The lowest BCUT2D eigenvalue weighted by molar-refractivity contribution is -0.155. The van der Waals surface area contributed by atoms with E-state index in [9.17, 15) is 4.79 Å². The highest BCUT2D eigenvalue weighted by Gasteiger charge is 2.16. The molecule has 0 saturated carbocycles. The van der Waals surface area contributed by atoms with Gasteiger partial charge in [-0.3, -0.25) is 4.79 Å². The molecule has 0 N–H and O–H groups in total. The average molecular weight is 514 g/mol. The summed E-state index contributed by atoms with van der Waals surface area (Å²) in [5.74, 6) is 0.684. The first-order valence-electron chi connectivity index (χ1n) is 6.69. The Morgan fingerprint density at radius 1 is 1.29 bits per heavy atom. The Bertz CT molecular complexity index is 496. The van der Waals surface area contributed by atoms with E-state index < -0.39 is 5.60 Å². The fourth-order valence-corrected chi connectivity index (χ4v) is 3.75. The minimum absolute atomic E-state index is 0.183. The van der Waals surface area contributed by atoms with Crippen molar-refractivity contribution in [1.29, 1.82) is 0 Å². The van der Waals surface area contributed by atoms with E-state index in [1.165, 1.54) is 0 Å². The smallest absolute Gasteiger partial charge is 0.306 e. The molecule has 0 spiro atoms. The Morgan fingerprint density at radius 3 is 2.33 bits per heavy atom. The molecule has 1 rings (SSSR count). The molecule has 0 bridgehead atoms. The quantitative estimate of drug-likeness (QED) is 0.304. The molecule has 1 aromatic rings. The molecule has 116 valence electrons. The minimum atomic E-state index is -0.427. The lowest BCUT2D eigenvalue weighted by Crippen LogP contribution is -2.24. The summed E-state index contributed by atoms with van der Waals surface area (Å²) in [7, 11) is 0. The van der Waals surface area contributed by atoms with Crippen molar-refractivity contribution < 1.29 is 14.3 Å². The number of esters is 1. The molecule has 3 nitrogen and oxygen atoms in total. The van der Waals surface area contributed by atoms with Gasteiger partial charge in [-0.2, -0.15) is 0 Å². The summed E-state index contributed by atoms with van der Waals surface area (Å²) in [6, 6.07) is 4.05. The first kappa shape index (κ1) is 18.7. The van der Waals surface area contributed by atoms with Crippen LogP contribution < -0.4 is 4.74 Å². The van der Waals surface area contributed by atoms with Crippen LogP contribution in [0.1, 0.15) is 39.2 Å². The molecule has 0 radical (unpaired) electrons. The van der Waals surface area contributed by atoms with Crippen LogP contribution in [0.15, 0.2) is 18.7 Å². The maximum atomic E-state index is 11.6. The van der Waals surface area contributed by atoms with Gasteiger partial charge in [0.15, 0.2) is 0 Å². The molecule has 0 unspecified atom stereocenters. The predicted molar refractivity (Wildman–Crippen MR) is 103 cm³/mol. The second-order valence-electron chi connectivity index (χ2n) is 5.56. The summed E-state index contributed by atoms with van der Waals surface area (Å²) in [4.78, 5) is 11.6. The van der Waals surface area contributed by atoms with E-state index in [0.717, 1.165) is 18.5 Å². The predicted octanol–water partition coefficient (Wildman–Crippen LogP) is 5.04. The SMILES string of the molecule is C=Cc1cc(I)c(OCCCC(=O)OC(C)(C)C)c(I)c1. The summed E-state index contributed by atoms with van der Waals surface area (Å²) >= 11 is 4.50. The van der Waals surface area contributed by atoms with Crippen LogP contribution in [0.5, 0.6) is 5.75 Å². The van der Waals surface area contributed by atoms with Crippen LogP contribution in [0.4, 0.5) is 0 Å². The summed E-state index contributed by atoms with van der Waals surface area (Å²) < 4.78 is 13.1. The second-order valence-corrected chi connectivity index (χ2v) is 7.88. The number of rotatable bonds is 6. The molecular formula is C16H20I2O3. The molecule has 0 fully saturated rings. The molecule has 0 heterocycles. The van der Waals surface area contributed by atoms with Crippen molar-refractivity contribution in [2.24, 2.45) is 0 Å². The third kappa shape index (κ3) is 6.99. The lowest BCUT2D eigenvalue weighted by atomic mass is 10.2. The highest BCUT2D eigenvalue weighted by atomic mass is 127. The van der Waals surface area contributed by atoms with Crippen molar-refractivity contribution in [3.63, 3.8) is 0 Å². The van der Waals surface area contributed by atoms with Crippen LogP contribution in [0.3, 0.4) is 0 Å². The summed E-state index contributed by atoms with van der Waals surface area (Å²) in [6.45, 7) is 9.87. The van der Waals surface area contributed by atoms with Gasteiger partial charge in [0.25, 0.3) is 0 Å². The van der Waals surface area contributed by atoms with Crippen LogP contribution in [-0.2, 0) is 9.53 Å². The maximum absolute atomic E-state index is 11.6. The summed E-state index contributed by atoms with van der Waals surface area (Å²) in [5, 5.41) is 0. The van der Waals surface area contributed by atoms with Crippen molar-refractivity contribution in [3.05, 3.63) is 31.4 Å². The Balaban J connectivity index is 2.47. The minimum Gasteiger partial charge on any atom is -0.491 e. The standard InChI is InChI=1S/C16H20I2O3/c1-5-11-9-12(17)15(13(18)10-11)20-8-6-7-14(19)21-16(2,3)4/h5,9-10H,1,6-8H2,2-4H3. The highest BCUT2D eigenvalue weighted by Crippen LogP contribution is 2.29. The molecule has 0 aliphatic rings. The van der Waals surface area contributed by atoms with Gasteiger partial charge in [0.1, 0.15) is 11.4 Å². The van der Waals surface area contributed by atoms with Crippen LogP contribution >= 0.6 is 45.2 Å². The number of hydrogen-bond donors (Lipinski definition) is 0. The van der Waals surface area contributed by atoms with Crippen molar-refractivity contribution in [2.45, 2.75) is 39.2 Å². The molecule has 0 aliphatic carbocycles. The zero-order chi connectivity index (χ0) is 16.0. The van der Waals surface area contributed by atoms with Gasteiger partial charge in [-0.05, 0) is 90.1 Å². The summed E-state index contributed by atoms with van der Waals surface area (Å²) in [5.41, 5.74) is 0.647. The van der Waals surface area contributed by atoms with Gasteiger partial charge in [0.2, 0.25) is 0 Å². The molecule has 0 aromatic heterocycles. The number of carbonyl (C=O) groups is 1. The number of halogens is 2. The topological polar surface area (TPSA) is 35.5 Å². The molecule has 0 aliphatic heterocycles. The van der Waals surface area contributed by atoms with Crippen LogP contribution in [0.25, 0.3) is 6.08 Å². The van der Waals surface area contributed by atoms with Crippen molar-refractivity contribution in [1.82, 2.24) is 0 Å². The van der Waals surface area contributed by atoms with Crippen molar-refractivity contribution >= 4 is 57.2 Å². The Kier molecular flexibility index (Phi) is 7.46. The Labute approximate surface area is 153 Å². The molecule has 5 heteroatoms. The zero-order valence-corrected chi connectivity index (χ0v) is 16.9. The monoisotopic (exact) mass is 514 g/mol. The molecule has 1 aromatic carbocycles. The van der Waals surface area contributed by atoms with Crippen LogP contribution in [0.2, 0.25) is 0 Å². The first-order valence-corrected chi connectivity index (χ1v) is 8.85. The second kappa shape index (κ2) is 8.36. The van der Waals surface area contributed by atoms with Gasteiger partial charge in [-0.25, -0.2) is 0 Å². The molecule has 0 saturated heterocycles. The first-order chi connectivity index (χ1) is 9.73. The van der Waals surface area contributed by atoms with Gasteiger partial charge in [0, 0.05) is 6.42 Å².